The predicted molar refractivity (Wildman–Crippen MR) is 239 cm³/mol. The highest BCUT2D eigenvalue weighted by Crippen LogP contribution is 2.40. The van der Waals surface area contributed by atoms with Crippen molar-refractivity contribution < 1.29 is 4.42 Å². The third kappa shape index (κ3) is 4.99. The molecule has 0 saturated carbocycles. The molecule has 9 aromatic carbocycles. The SMILES string of the molecule is c1ccc(-c2cccc(-n3c4ccc(-c5ccc6c(c5)c5ccccc5n6-c5ccc6oc7ccccc7c6c5)cc4c4ccc(-c5ccccc5)cc43)c2)cc1. The van der Waals surface area contributed by atoms with Crippen molar-refractivity contribution >= 4 is 65.6 Å². The number of furan rings is 1. The first-order valence-electron chi connectivity index (χ1n) is 19.5. The summed E-state index contributed by atoms with van der Waals surface area (Å²) in [6.07, 6.45) is 0. The predicted octanol–water partition coefficient (Wildman–Crippen LogP) is 14.8. The van der Waals surface area contributed by atoms with E-state index in [1.54, 1.807) is 0 Å². The lowest BCUT2D eigenvalue weighted by Crippen LogP contribution is -1.95. The number of aromatic nitrogens is 2. The zero-order chi connectivity index (χ0) is 37.5. The van der Waals surface area contributed by atoms with Crippen LogP contribution in [0.4, 0.5) is 0 Å². The largest absolute Gasteiger partial charge is 0.456 e. The molecule has 0 aliphatic carbocycles. The lowest BCUT2D eigenvalue weighted by atomic mass is 9.99. The quantitative estimate of drug-likeness (QED) is 0.173. The van der Waals surface area contributed by atoms with Gasteiger partial charge in [0.15, 0.2) is 0 Å². The van der Waals surface area contributed by atoms with Crippen molar-refractivity contribution in [3.8, 4) is 44.8 Å². The number of nitrogens with zero attached hydrogens (tertiary/aromatic N) is 2. The minimum absolute atomic E-state index is 0.903. The van der Waals surface area contributed by atoms with Gasteiger partial charge in [-0.3, -0.25) is 0 Å². The number of para-hydroxylation sites is 2. The number of hydrogen-bond acceptors (Lipinski definition) is 1. The minimum atomic E-state index is 0.903. The van der Waals surface area contributed by atoms with Crippen LogP contribution < -0.4 is 0 Å². The summed E-state index contributed by atoms with van der Waals surface area (Å²) in [7, 11) is 0. The van der Waals surface area contributed by atoms with E-state index in [0.717, 1.165) is 33.3 Å². The average Bonchev–Trinajstić information content (AvgIpc) is 3.93. The molecule has 0 saturated heterocycles. The Bertz CT molecular complexity index is 3510. The second-order valence-electron chi connectivity index (χ2n) is 14.9. The van der Waals surface area contributed by atoms with Gasteiger partial charge in [0.05, 0.1) is 22.1 Å². The molecule has 0 radical (unpaired) electrons. The first kappa shape index (κ1) is 31.7. The van der Waals surface area contributed by atoms with Gasteiger partial charge in [-0.25, -0.2) is 0 Å². The van der Waals surface area contributed by atoms with Crippen molar-refractivity contribution in [1.29, 1.82) is 0 Å². The van der Waals surface area contributed by atoms with Crippen LogP contribution in [0.2, 0.25) is 0 Å². The number of rotatable bonds is 5. The van der Waals surface area contributed by atoms with Gasteiger partial charge in [0.1, 0.15) is 11.2 Å². The molecule has 0 aliphatic rings. The topological polar surface area (TPSA) is 23.0 Å². The van der Waals surface area contributed by atoms with Crippen LogP contribution in [-0.2, 0) is 0 Å². The second-order valence-corrected chi connectivity index (χ2v) is 14.9. The van der Waals surface area contributed by atoms with E-state index < -0.39 is 0 Å². The van der Waals surface area contributed by atoms with E-state index in [0.29, 0.717) is 0 Å². The van der Waals surface area contributed by atoms with Crippen LogP contribution in [0.25, 0.3) is 110 Å². The third-order valence-corrected chi connectivity index (χ3v) is 11.7. The summed E-state index contributed by atoms with van der Waals surface area (Å²) in [6, 6.07) is 74.6. The molecule has 3 nitrogen and oxygen atoms in total. The molecule has 57 heavy (non-hydrogen) atoms. The van der Waals surface area contributed by atoms with E-state index in [1.165, 1.54) is 77.0 Å². The zero-order valence-electron chi connectivity index (χ0n) is 30.9. The maximum Gasteiger partial charge on any atom is 0.135 e. The van der Waals surface area contributed by atoms with Crippen LogP contribution in [0, 0.1) is 0 Å². The summed E-state index contributed by atoms with van der Waals surface area (Å²) in [5, 5.41) is 7.19. The Morgan fingerprint density at radius 3 is 1.49 bits per heavy atom. The second kappa shape index (κ2) is 12.5. The molecular formula is C54H34N2O. The van der Waals surface area contributed by atoms with Crippen LogP contribution >= 0.6 is 0 Å². The maximum atomic E-state index is 6.19. The van der Waals surface area contributed by atoms with Crippen LogP contribution in [0.3, 0.4) is 0 Å². The summed E-state index contributed by atoms with van der Waals surface area (Å²) < 4.78 is 11.0. The Morgan fingerprint density at radius 2 is 0.754 bits per heavy atom. The molecule has 12 rings (SSSR count). The maximum absolute atomic E-state index is 6.19. The van der Waals surface area contributed by atoms with Gasteiger partial charge in [-0.15, -0.1) is 0 Å². The highest BCUT2D eigenvalue weighted by atomic mass is 16.3. The van der Waals surface area contributed by atoms with Crippen molar-refractivity contribution in [3.63, 3.8) is 0 Å². The van der Waals surface area contributed by atoms with Gasteiger partial charge in [0.25, 0.3) is 0 Å². The lowest BCUT2D eigenvalue weighted by molar-refractivity contribution is 0.669. The molecule has 0 amide bonds. The molecule has 266 valence electrons. The van der Waals surface area contributed by atoms with E-state index in [1.807, 2.05) is 12.1 Å². The Labute approximate surface area is 328 Å². The molecule has 12 aromatic rings. The highest BCUT2D eigenvalue weighted by Gasteiger charge is 2.18. The fraction of sp³-hybridized carbons (Fsp3) is 0. The van der Waals surface area contributed by atoms with Crippen molar-refractivity contribution in [2.45, 2.75) is 0 Å². The molecule has 0 atom stereocenters. The Balaban J connectivity index is 1.04. The van der Waals surface area contributed by atoms with Crippen molar-refractivity contribution in [3.05, 3.63) is 206 Å². The highest BCUT2D eigenvalue weighted by molar-refractivity contribution is 6.14. The Kier molecular flexibility index (Phi) is 6.93. The molecule has 0 spiro atoms. The summed E-state index contributed by atoms with van der Waals surface area (Å²) in [5.74, 6) is 0. The van der Waals surface area contributed by atoms with E-state index in [-0.39, 0.29) is 0 Å². The minimum Gasteiger partial charge on any atom is -0.456 e. The first-order valence-corrected chi connectivity index (χ1v) is 19.5. The van der Waals surface area contributed by atoms with E-state index in [9.17, 15) is 0 Å². The van der Waals surface area contributed by atoms with Gasteiger partial charge in [-0.2, -0.15) is 0 Å². The average molecular weight is 727 g/mol. The van der Waals surface area contributed by atoms with Crippen LogP contribution in [0.15, 0.2) is 211 Å². The molecule has 0 fully saturated rings. The molecule has 0 bridgehead atoms. The smallest absolute Gasteiger partial charge is 0.135 e. The van der Waals surface area contributed by atoms with E-state index >= 15 is 0 Å². The first-order chi connectivity index (χ1) is 28.2. The van der Waals surface area contributed by atoms with Crippen LogP contribution in [0.1, 0.15) is 0 Å². The van der Waals surface area contributed by atoms with Gasteiger partial charge in [0, 0.05) is 43.7 Å². The van der Waals surface area contributed by atoms with Gasteiger partial charge in [-0.05, 0) is 106 Å². The molecule has 3 aromatic heterocycles. The molecule has 3 heterocycles. The Morgan fingerprint density at radius 1 is 0.246 bits per heavy atom. The van der Waals surface area contributed by atoms with Crippen molar-refractivity contribution in [2.24, 2.45) is 0 Å². The van der Waals surface area contributed by atoms with Gasteiger partial charge in [0.2, 0.25) is 0 Å². The standard InChI is InChI=1S/C54H34N2O/c1-3-12-35(13-4-1)37-16-11-17-41(30-37)56-51-28-24-39(32-47(51)44-26-22-40(33-52(44)56)36-14-5-2-6-15-36)38-23-27-50-46(31-38)43-18-7-9-20-49(43)55(50)42-25-29-54-48(34-42)45-19-8-10-21-53(45)57-54/h1-34H. The van der Waals surface area contributed by atoms with Gasteiger partial charge < -0.3 is 13.6 Å². The Hall–Kier alpha value is -7.62. The number of hydrogen-bond donors (Lipinski definition) is 0. The monoisotopic (exact) mass is 726 g/mol. The van der Waals surface area contributed by atoms with Crippen molar-refractivity contribution in [1.82, 2.24) is 9.13 Å². The number of fused-ring (bicyclic) bond motifs is 9. The zero-order valence-corrected chi connectivity index (χ0v) is 30.9. The van der Waals surface area contributed by atoms with Crippen molar-refractivity contribution in [2.75, 3.05) is 0 Å². The molecule has 3 heteroatoms. The third-order valence-electron chi connectivity index (χ3n) is 11.7. The molecule has 0 aliphatic heterocycles. The van der Waals surface area contributed by atoms with Gasteiger partial charge in [-0.1, -0.05) is 133 Å². The summed E-state index contributed by atoms with van der Waals surface area (Å²) >= 11 is 0. The van der Waals surface area contributed by atoms with Gasteiger partial charge >= 0.3 is 0 Å². The molecule has 0 N–H and O–H groups in total. The fourth-order valence-electron chi connectivity index (χ4n) is 9.03. The molecule has 0 unspecified atom stereocenters. The normalized spacial score (nSPS) is 11.9. The van der Waals surface area contributed by atoms with E-state index in [2.05, 4.69) is 203 Å². The number of benzene rings is 9. The summed E-state index contributed by atoms with van der Waals surface area (Å²) in [4.78, 5) is 0. The van der Waals surface area contributed by atoms with E-state index in [4.69, 9.17) is 4.42 Å². The molecular weight excluding hydrogens is 693 g/mol. The van der Waals surface area contributed by atoms with Crippen LogP contribution in [0.5, 0.6) is 0 Å². The van der Waals surface area contributed by atoms with Crippen LogP contribution in [-0.4, -0.2) is 9.13 Å². The summed E-state index contributed by atoms with van der Waals surface area (Å²) in [6.45, 7) is 0. The lowest BCUT2D eigenvalue weighted by Gasteiger charge is -2.12. The fourth-order valence-corrected chi connectivity index (χ4v) is 9.03. The summed E-state index contributed by atoms with van der Waals surface area (Å²) in [5.41, 5.74) is 16.0.